The van der Waals surface area contributed by atoms with Crippen molar-refractivity contribution >= 4 is 11.6 Å². The molecule has 0 saturated heterocycles. The van der Waals surface area contributed by atoms with E-state index in [0.717, 1.165) is 0 Å². The van der Waals surface area contributed by atoms with E-state index in [4.69, 9.17) is 16.3 Å². The van der Waals surface area contributed by atoms with Crippen LogP contribution in [0.5, 0.6) is 11.8 Å². The molecule has 1 atom stereocenters. The Kier molecular flexibility index (Phi) is 4.30. The molecular weight excluding hydrogens is 278 g/mol. The first-order valence-electron chi connectivity index (χ1n) is 6.35. The van der Waals surface area contributed by atoms with E-state index in [9.17, 15) is 5.11 Å². The highest BCUT2D eigenvalue weighted by molar-refractivity contribution is 6.30. The van der Waals surface area contributed by atoms with Gasteiger partial charge in [0.05, 0.1) is 12.6 Å². The summed E-state index contributed by atoms with van der Waals surface area (Å²) in [6.45, 7) is 6.29. The van der Waals surface area contributed by atoms with Gasteiger partial charge in [0.2, 0.25) is 0 Å². The Hall–Kier alpha value is -1.59. The van der Waals surface area contributed by atoms with Gasteiger partial charge >= 0.3 is 6.01 Å². The average molecular weight is 296 g/mol. The van der Waals surface area contributed by atoms with Crippen LogP contribution < -0.4 is 4.74 Å². The molecule has 108 valence electrons. The molecule has 0 aliphatic rings. The van der Waals surface area contributed by atoms with Crippen LogP contribution >= 0.6 is 11.6 Å². The van der Waals surface area contributed by atoms with Crippen LogP contribution in [0.1, 0.15) is 20.8 Å². The van der Waals surface area contributed by atoms with E-state index in [-0.39, 0.29) is 11.4 Å². The Morgan fingerprint density at radius 3 is 2.55 bits per heavy atom. The monoisotopic (exact) mass is 295 g/mol. The first kappa shape index (κ1) is 14.8. The highest BCUT2D eigenvalue weighted by Gasteiger charge is 2.23. The lowest BCUT2D eigenvalue weighted by Crippen LogP contribution is -2.30. The number of hydrogen-bond donors (Lipinski definition) is 1. The van der Waals surface area contributed by atoms with Crippen molar-refractivity contribution in [3.05, 3.63) is 35.6 Å². The third-order valence-electron chi connectivity index (χ3n) is 2.90. The fourth-order valence-electron chi connectivity index (χ4n) is 1.47. The van der Waals surface area contributed by atoms with Gasteiger partial charge in [0, 0.05) is 5.02 Å². The second-order valence-corrected chi connectivity index (χ2v) is 6.12. The fourth-order valence-corrected chi connectivity index (χ4v) is 1.60. The van der Waals surface area contributed by atoms with Gasteiger partial charge in [0.15, 0.2) is 0 Å². The molecule has 0 radical (unpaired) electrons. The smallest absolute Gasteiger partial charge is 0.340 e. The highest BCUT2D eigenvalue weighted by atomic mass is 35.5. The predicted octanol–water partition coefficient (Wildman–Crippen LogP) is 3.13. The van der Waals surface area contributed by atoms with Crippen LogP contribution in [0.15, 0.2) is 30.6 Å². The number of ether oxygens (including phenoxy) is 1. The van der Waals surface area contributed by atoms with Crippen LogP contribution in [0.4, 0.5) is 0 Å². The van der Waals surface area contributed by atoms with E-state index >= 15 is 0 Å². The van der Waals surface area contributed by atoms with Crippen LogP contribution in [-0.4, -0.2) is 26.0 Å². The molecule has 1 aromatic carbocycles. The van der Waals surface area contributed by atoms with Crippen molar-refractivity contribution in [1.82, 2.24) is 14.8 Å². The standard InChI is InChI=1S/C14H18ClN3O2/c1-14(2,3)12(19)8-18-9-16-13(17-18)20-11-6-4-10(15)5-7-11/h4-7,9,12,19H,8H2,1-3H3/t12-/m0/s1. The van der Waals surface area contributed by atoms with Crippen molar-refractivity contribution in [3.8, 4) is 11.8 Å². The molecule has 1 N–H and O–H groups in total. The van der Waals surface area contributed by atoms with Crippen molar-refractivity contribution in [1.29, 1.82) is 0 Å². The zero-order valence-electron chi connectivity index (χ0n) is 11.7. The summed E-state index contributed by atoms with van der Waals surface area (Å²) in [4.78, 5) is 4.05. The van der Waals surface area contributed by atoms with Gasteiger partial charge in [-0.1, -0.05) is 32.4 Å². The van der Waals surface area contributed by atoms with E-state index in [1.54, 1.807) is 35.3 Å². The first-order valence-corrected chi connectivity index (χ1v) is 6.73. The Labute approximate surface area is 123 Å². The third-order valence-corrected chi connectivity index (χ3v) is 3.15. The van der Waals surface area contributed by atoms with Crippen LogP contribution in [-0.2, 0) is 6.54 Å². The first-order chi connectivity index (χ1) is 9.34. The van der Waals surface area contributed by atoms with Crippen LogP contribution in [0.2, 0.25) is 5.02 Å². The largest absolute Gasteiger partial charge is 0.423 e. The Morgan fingerprint density at radius 2 is 1.95 bits per heavy atom. The van der Waals surface area contributed by atoms with Crippen LogP contribution in [0.25, 0.3) is 0 Å². The number of aromatic nitrogens is 3. The minimum atomic E-state index is -0.507. The summed E-state index contributed by atoms with van der Waals surface area (Å²) >= 11 is 5.80. The minimum absolute atomic E-state index is 0.205. The van der Waals surface area contributed by atoms with E-state index in [1.165, 1.54) is 0 Å². The zero-order valence-corrected chi connectivity index (χ0v) is 12.5. The SMILES string of the molecule is CC(C)(C)[C@@H](O)Cn1cnc(Oc2ccc(Cl)cc2)n1. The molecule has 0 unspecified atom stereocenters. The summed E-state index contributed by atoms with van der Waals surface area (Å²) < 4.78 is 7.07. The van der Waals surface area contributed by atoms with Crippen molar-refractivity contribution in [2.24, 2.45) is 5.41 Å². The normalized spacial score (nSPS) is 13.2. The lowest BCUT2D eigenvalue weighted by molar-refractivity contribution is 0.0448. The number of halogens is 1. The maximum Gasteiger partial charge on any atom is 0.340 e. The molecule has 2 rings (SSSR count). The lowest BCUT2D eigenvalue weighted by atomic mass is 9.89. The van der Waals surface area contributed by atoms with Gasteiger partial charge in [0.25, 0.3) is 0 Å². The van der Waals surface area contributed by atoms with Gasteiger partial charge in [-0.3, -0.25) is 0 Å². The van der Waals surface area contributed by atoms with Gasteiger partial charge in [-0.05, 0) is 29.7 Å². The maximum absolute atomic E-state index is 10.0. The molecule has 0 amide bonds. The second kappa shape index (κ2) is 5.81. The summed E-state index contributed by atoms with van der Waals surface area (Å²) in [7, 11) is 0. The van der Waals surface area contributed by atoms with Crippen molar-refractivity contribution in [2.75, 3.05) is 0 Å². The average Bonchev–Trinajstić information content (AvgIpc) is 2.78. The van der Waals surface area contributed by atoms with Crippen LogP contribution in [0.3, 0.4) is 0 Å². The summed E-state index contributed by atoms with van der Waals surface area (Å²) in [5.41, 5.74) is -0.205. The zero-order chi connectivity index (χ0) is 14.8. The van der Waals surface area contributed by atoms with Crippen molar-refractivity contribution in [3.63, 3.8) is 0 Å². The molecule has 1 aromatic heterocycles. The summed E-state index contributed by atoms with van der Waals surface area (Å²) in [6, 6.07) is 7.20. The molecular formula is C14H18ClN3O2. The summed E-state index contributed by atoms with van der Waals surface area (Å²) in [6.07, 6.45) is 1.04. The molecule has 20 heavy (non-hydrogen) atoms. The molecule has 6 heteroatoms. The maximum atomic E-state index is 10.0. The van der Waals surface area contributed by atoms with Gasteiger partial charge in [0.1, 0.15) is 12.1 Å². The van der Waals surface area contributed by atoms with E-state index in [0.29, 0.717) is 17.3 Å². The second-order valence-electron chi connectivity index (χ2n) is 5.69. The number of benzene rings is 1. The van der Waals surface area contributed by atoms with Crippen molar-refractivity contribution in [2.45, 2.75) is 33.4 Å². The topological polar surface area (TPSA) is 60.2 Å². The van der Waals surface area contributed by atoms with E-state index < -0.39 is 6.10 Å². The van der Waals surface area contributed by atoms with Crippen molar-refractivity contribution < 1.29 is 9.84 Å². The number of aliphatic hydroxyl groups excluding tert-OH is 1. The molecule has 0 saturated carbocycles. The van der Waals surface area contributed by atoms with Gasteiger partial charge in [-0.2, -0.15) is 4.98 Å². The Bertz CT molecular complexity index is 561. The number of hydrogen-bond acceptors (Lipinski definition) is 4. The number of rotatable bonds is 4. The molecule has 0 spiro atoms. The highest BCUT2D eigenvalue weighted by Crippen LogP contribution is 2.22. The van der Waals surface area contributed by atoms with Gasteiger partial charge in [-0.15, -0.1) is 5.10 Å². The molecule has 0 fully saturated rings. The van der Waals surface area contributed by atoms with Gasteiger partial charge in [-0.25, -0.2) is 4.68 Å². The van der Waals surface area contributed by atoms with E-state index in [1.807, 2.05) is 20.8 Å². The Balaban J connectivity index is 2.00. The minimum Gasteiger partial charge on any atom is -0.423 e. The molecule has 2 aromatic rings. The number of aliphatic hydroxyl groups is 1. The molecule has 1 heterocycles. The summed E-state index contributed by atoms with van der Waals surface area (Å²) in [5, 5.41) is 14.8. The summed E-state index contributed by atoms with van der Waals surface area (Å²) in [5.74, 6) is 0.614. The molecule has 0 bridgehead atoms. The fraction of sp³-hybridized carbons (Fsp3) is 0.429. The predicted molar refractivity (Wildman–Crippen MR) is 77.0 cm³/mol. The third kappa shape index (κ3) is 3.95. The lowest BCUT2D eigenvalue weighted by Gasteiger charge is -2.25. The number of nitrogens with zero attached hydrogens (tertiary/aromatic N) is 3. The van der Waals surface area contributed by atoms with E-state index in [2.05, 4.69) is 10.1 Å². The molecule has 0 aliphatic heterocycles. The molecule has 5 nitrogen and oxygen atoms in total. The molecule has 0 aliphatic carbocycles. The van der Waals surface area contributed by atoms with Crippen LogP contribution in [0, 0.1) is 5.41 Å². The Morgan fingerprint density at radius 1 is 1.30 bits per heavy atom. The van der Waals surface area contributed by atoms with Gasteiger partial charge < -0.3 is 9.84 Å². The quantitative estimate of drug-likeness (QED) is 0.941.